The van der Waals surface area contributed by atoms with Gasteiger partial charge < -0.3 is 10.1 Å². The molecule has 1 heterocycles. The number of carbonyl (C=O) groups excluding carboxylic acids is 1. The molecule has 0 aliphatic heterocycles. The number of anilines is 1. The molecule has 1 aromatic carbocycles. The summed E-state index contributed by atoms with van der Waals surface area (Å²) in [6.07, 6.45) is 0. The van der Waals surface area contributed by atoms with Crippen molar-refractivity contribution in [2.24, 2.45) is 0 Å². The highest BCUT2D eigenvalue weighted by molar-refractivity contribution is 9.10. The number of halogens is 3. The summed E-state index contributed by atoms with van der Waals surface area (Å²) in [4.78, 5) is 15.9. The molecular formula is C13H9BrCl2N2O2. The maximum absolute atomic E-state index is 12.1. The summed E-state index contributed by atoms with van der Waals surface area (Å²) in [6.45, 7) is 0. The molecule has 0 aliphatic carbocycles. The van der Waals surface area contributed by atoms with Crippen LogP contribution in [0, 0.1) is 0 Å². The molecule has 0 saturated carbocycles. The number of pyridine rings is 1. The van der Waals surface area contributed by atoms with Crippen molar-refractivity contribution >= 4 is 50.7 Å². The maximum atomic E-state index is 12.1. The van der Waals surface area contributed by atoms with Crippen LogP contribution >= 0.6 is 39.1 Å². The SMILES string of the molecule is COc1cc(NC(=O)c2ccc(Cl)nc2Cl)ccc1Br. The second-order valence-electron chi connectivity index (χ2n) is 3.78. The van der Waals surface area contributed by atoms with E-state index in [9.17, 15) is 4.79 Å². The Balaban J connectivity index is 2.23. The van der Waals surface area contributed by atoms with E-state index in [1.165, 1.54) is 12.1 Å². The molecule has 0 bridgehead atoms. The Morgan fingerprint density at radius 1 is 1.30 bits per heavy atom. The van der Waals surface area contributed by atoms with Gasteiger partial charge in [0.05, 0.1) is 17.1 Å². The number of carbonyl (C=O) groups is 1. The molecule has 0 spiro atoms. The van der Waals surface area contributed by atoms with Crippen LogP contribution in [0.1, 0.15) is 10.4 Å². The monoisotopic (exact) mass is 374 g/mol. The van der Waals surface area contributed by atoms with Gasteiger partial charge in [0, 0.05) is 11.8 Å². The number of hydrogen-bond donors (Lipinski definition) is 1. The second kappa shape index (κ2) is 6.43. The van der Waals surface area contributed by atoms with Crippen LogP contribution in [0.15, 0.2) is 34.8 Å². The molecule has 104 valence electrons. The summed E-state index contributed by atoms with van der Waals surface area (Å²) < 4.78 is 5.95. The Morgan fingerprint density at radius 2 is 2.05 bits per heavy atom. The van der Waals surface area contributed by atoms with Crippen LogP contribution in [-0.4, -0.2) is 18.0 Å². The van der Waals surface area contributed by atoms with Crippen molar-refractivity contribution in [3.05, 3.63) is 50.7 Å². The predicted octanol–water partition coefficient (Wildman–Crippen LogP) is 4.41. The lowest BCUT2D eigenvalue weighted by molar-refractivity contribution is 0.102. The molecule has 0 aliphatic rings. The van der Waals surface area contributed by atoms with E-state index in [1.807, 2.05) is 0 Å². The molecule has 0 unspecified atom stereocenters. The molecule has 0 saturated heterocycles. The van der Waals surface area contributed by atoms with Gasteiger partial charge in [-0.1, -0.05) is 23.2 Å². The number of methoxy groups -OCH3 is 1. The highest BCUT2D eigenvalue weighted by atomic mass is 79.9. The number of nitrogens with one attached hydrogen (secondary N) is 1. The number of aromatic nitrogens is 1. The van der Waals surface area contributed by atoms with E-state index < -0.39 is 0 Å². The first-order chi connectivity index (χ1) is 9.51. The summed E-state index contributed by atoms with van der Waals surface area (Å²) in [5.74, 6) is 0.242. The van der Waals surface area contributed by atoms with Gasteiger partial charge in [-0.3, -0.25) is 4.79 Å². The molecular weight excluding hydrogens is 367 g/mol. The number of nitrogens with zero attached hydrogens (tertiary/aromatic N) is 1. The molecule has 7 heteroatoms. The normalized spacial score (nSPS) is 10.2. The minimum Gasteiger partial charge on any atom is -0.495 e. The summed E-state index contributed by atoms with van der Waals surface area (Å²) in [5.41, 5.74) is 0.832. The Hall–Kier alpha value is -1.30. The highest BCUT2D eigenvalue weighted by Gasteiger charge is 2.13. The van der Waals surface area contributed by atoms with Crippen molar-refractivity contribution in [1.29, 1.82) is 0 Å². The van der Waals surface area contributed by atoms with Crippen molar-refractivity contribution in [1.82, 2.24) is 4.98 Å². The topological polar surface area (TPSA) is 51.2 Å². The third-order valence-electron chi connectivity index (χ3n) is 2.47. The minimum atomic E-state index is -0.372. The van der Waals surface area contributed by atoms with Crippen molar-refractivity contribution < 1.29 is 9.53 Å². The van der Waals surface area contributed by atoms with E-state index in [-0.39, 0.29) is 21.8 Å². The smallest absolute Gasteiger partial charge is 0.258 e. The van der Waals surface area contributed by atoms with Crippen LogP contribution in [-0.2, 0) is 0 Å². The van der Waals surface area contributed by atoms with Crippen LogP contribution < -0.4 is 10.1 Å². The highest BCUT2D eigenvalue weighted by Crippen LogP contribution is 2.28. The molecule has 1 N–H and O–H groups in total. The van der Waals surface area contributed by atoms with Crippen molar-refractivity contribution in [2.75, 3.05) is 12.4 Å². The molecule has 2 rings (SSSR count). The molecule has 20 heavy (non-hydrogen) atoms. The Labute approximate surface area is 134 Å². The number of amides is 1. The Morgan fingerprint density at radius 3 is 2.70 bits per heavy atom. The lowest BCUT2D eigenvalue weighted by Crippen LogP contribution is -2.13. The quantitative estimate of drug-likeness (QED) is 0.808. The molecule has 0 fully saturated rings. The number of hydrogen-bond acceptors (Lipinski definition) is 3. The van der Waals surface area contributed by atoms with Gasteiger partial charge in [0.25, 0.3) is 5.91 Å². The van der Waals surface area contributed by atoms with E-state index >= 15 is 0 Å². The van der Waals surface area contributed by atoms with Crippen molar-refractivity contribution in [3.8, 4) is 5.75 Å². The second-order valence-corrected chi connectivity index (χ2v) is 5.38. The standard InChI is InChI=1S/C13H9BrCl2N2O2/c1-20-10-6-7(2-4-9(10)14)17-13(19)8-3-5-11(15)18-12(8)16/h2-6H,1H3,(H,17,19). The largest absolute Gasteiger partial charge is 0.495 e. The fourth-order valence-electron chi connectivity index (χ4n) is 1.52. The lowest BCUT2D eigenvalue weighted by atomic mass is 10.2. The number of benzene rings is 1. The maximum Gasteiger partial charge on any atom is 0.258 e. The third kappa shape index (κ3) is 3.42. The fraction of sp³-hybridized carbons (Fsp3) is 0.0769. The van der Waals surface area contributed by atoms with Crippen LogP contribution in [0.3, 0.4) is 0 Å². The van der Waals surface area contributed by atoms with Crippen LogP contribution in [0.25, 0.3) is 0 Å². The van der Waals surface area contributed by atoms with Gasteiger partial charge in [-0.25, -0.2) is 4.98 Å². The summed E-state index contributed by atoms with van der Waals surface area (Å²) in [7, 11) is 1.55. The fourth-order valence-corrected chi connectivity index (χ4v) is 2.36. The molecule has 4 nitrogen and oxygen atoms in total. The molecule has 2 aromatic rings. The number of rotatable bonds is 3. The van der Waals surface area contributed by atoms with Gasteiger partial charge in [-0.2, -0.15) is 0 Å². The minimum absolute atomic E-state index is 0.0547. The number of ether oxygens (including phenoxy) is 1. The third-order valence-corrected chi connectivity index (χ3v) is 3.62. The molecule has 0 atom stereocenters. The summed E-state index contributed by atoms with van der Waals surface area (Å²) >= 11 is 14.9. The van der Waals surface area contributed by atoms with Gasteiger partial charge in [0.1, 0.15) is 16.1 Å². The van der Waals surface area contributed by atoms with Crippen molar-refractivity contribution in [3.63, 3.8) is 0 Å². The van der Waals surface area contributed by atoms with E-state index in [2.05, 4.69) is 26.2 Å². The van der Waals surface area contributed by atoms with Gasteiger partial charge in [0.2, 0.25) is 0 Å². The van der Waals surface area contributed by atoms with Gasteiger partial charge in [-0.05, 0) is 40.2 Å². The average molecular weight is 376 g/mol. The summed E-state index contributed by atoms with van der Waals surface area (Å²) in [5, 5.41) is 3.00. The van der Waals surface area contributed by atoms with E-state index in [4.69, 9.17) is 27.9 Å². The zero-order chi connectivity index (χ0) is 14.7. The van der Waals surface area contributed by atoms with Crippen LogP contribution in [0.4, 0.5) is 5.69 Å². The summed E-state index contributed by atoms with van der Waals surface area (Å²) in [6, 6.07) is 8.23. The molecule has 0 radical (unpaired) electrons. The van der Waals surface area contributed by atoms with Gasteiger partial charge in [0.15, 0.2) is 0 Å². The average Bonchev–Trinajstić information content (AvgIpc) is 2.40. The van der Waals surface area contributed by atoms with E-state index in [0.29, 0.717) is 11.4 Å². The first-order valence-electron chi connectivity index (χ1n) is 5.48. The van der Waals surface area contributed by atoms with Gasteiger partial charge in [-0.15, -0.1) is 0 Å². The predicted molar refractivity (Wildman–Crippen MR) is 82.9 cm³/mol. The zero-order valence-corrected chi connectivity index (χ0v) is 13.4. The zero-order valence-electron chi connectivity index (χ0n) is 10.3. The lowest BCUT2D eigenvalue weighted by Gasteiger charge is -2.09. The van der Waals surface area contributed by atoms with Gasteiger partial charge >= 0.3 is 0 Å². The Kier molecular flexibility index (Phi) is 4.86. The van der Waals surface area contributed by atoms with E-state index in [1.54, 1.807) is 25.3 Å². The first-order valence-corrected chi connectivity index (χ1v) is 7.03. The van der Waals surface area contributed by atoms with Crippen molar-refractivity contribution in [2.45, 2.75) is 0 Å². The molecule has 1 aromatic heterocycles. The van der Waals surface area contributed by atoms with Crippen LogP contribution in [0.2, 0.25) is 10.3 Å². The molecule has 1 amide bonds. The van der Waals surface area contributed by atoms with Crippen LogP contribution in [0.5, 0.6) is 5.75 Å². The van der Waals surface area contributed by atoms with E-state index in [0.717, 1.165) is 4.47 Å². The first kappa shape index (κ1) is 15.1. The Bertz CT molecular complexity index is 665.